The molecule has 0 unspecified atom stereocenters. The molecule has 2 nitrogen and oxygen atoms in total. The van der Waals surface area contributed by atoms with E-state index in [4.69, 9.17) is 11.0 Å². The molecule has 0 amide bonds. The number of hydrogen-bond acceptors (Lipinski definition) is 0. The second-order valence-corrected chi connectivity index (χ2v) is 10.6. The van der Waals surface area contributed by atoms with E-state index in [9.17, 15) is 2.74 Å². The summed E-state index contributed by atoms with van der Waals surface area (Å²) in [6.45, 7) is 0. The summed E-state index contributed by atoms with van der Waals surface area (Å²) in [6, 6.07) is 30.6. The molecule has 206 valence electrons. The molecule has 0 aliphatic carbocycles. The van der Waals surface area contributed by atoms with Gasteiger partial charge in [0.05, 0.1) is 35.8 Å². The smallest absolute Gasteiger partial charge is 0.0653 e. The zero-order chi connectivity index (χ0) is 37.7. The van der Waals surface area contributed by atoms with Crippen molar-refractivity contribution in [2.45, 2.75) is 0 Å². The summed E-state index contributed by atoms with van der Waals surface area (Å²) in [6.07, 6.45) is 0. The van der Waals surface area contributed by atoms with E-state index in [2.05, 4.69) is 0 Å². The van der Waals surface area contributed by atoms with E-state index in [0.717, 1.165) is 22.3 Å². The first-order chi connectivity index (χ1) is 26.0. The van der Waals surface area contributed by atoms with E-state index >= 15 is 0 Å². The van der Waals surface area contributed by atoms with Crippen LogP contribution in [0.2, 0.25) is 0 Å². The summed E-state index contributed by atoms with van der Waals surface area (Å²) in [7, 11) is 0. The Kier molecular flexibility index (Phi) is 3.74. The predicted octanol–water partition coefficient (Wildman–Crippen LogP) is 11.2. The van der Waals surface area contributed by atoms with Crippen molar-refractivity contribution in [3.8, 4) is 33.6 Å². The van der Waals surface area contributed by atoms with Crippen LogP contribution in [0.3, 0.4) is 0 Å². The van der Waals surface area contributed by atoms with Crippen LogP contribution in [0, 0.1) is 0 Å². The lowest BCUT2D eigenvalue weighted by Crippen LogP contribution is -1.95. The number of nitrogens with zero attached hydrogens (tertiary/aromatic N) is 2. The molecule has 0 aliphatic heterocycles. The normalized spacial score (nSPS) is 14.8. The molecule has 0 radical (unpaired) electrons. The van der Waals surface area contributed by atoms with Crippen LogP contribution in [0.15, 0.2) is 170 Å². The van der Waals surface area contributed by atoms with Crippen molar-refractivity contribution in [2.75, 3.05) is 0 Å². The molecule has 44 heavy (non-hydrogen) atoms. The molecule has 0 bridgehead atoms. The summed E-state index contributed by atoms with van der Waals surface area (Å²) in [5.41, 5.74) is 5.07. The average molecular weight is 571 g/mol. The Morgan fingerprint density at radius 3 is 1.43 bits per heavy atom. The quantitative estimate of drug-likeness (QED) is 0.199. The Hall–Kier alpha value is -5.86. The largest absolute Gasteiger partial charge is 0.309 e. The zero-order valence-electron chi connectivity index (χ0n) is 33.3. The molecule has 7 aromatic carbocycles. The van der Waals surface area contributed by atoms with Crippen molar-refractivity contribution >= 4 is 43.6 Å². The Morgan fingerprint density at radius 1 is 0.364 bits per heavy atom. The van der Waals surface area contributed by atoms with E-state index in [-0.39, 0.29) is 79.9 Å². The van der Waals surface area contributed by atoms with Crippen LogP contribution in [0.5, 0.6) is 0 Å². The third-order valence-electron chi connectivity index (χ3n) is 8.13. The topological polar surface area (TPSA) is 9.86 Å². The number of rotatable bonds is 4. The fraction of sp³-hybridized carbons (Fsp3) is 0. The summed E-state index contributed by atoms with van der Waals surface area (Å²) in [5.74, 6) is 0. The Morgan fingerprint density at radius 2 is 0.841 bits per heavy atom. The summed E-state index contributed by atoms with van der Waals surface area (Å²) >= 11 is 0. The highest BCUT2D eigenvalue weighted by Gasteiger charge is 2.18. The molecule has 9 aromatic rings. The Bertz CT molecular complexity index is 3020. The van der Waals surface area contributed by atoms with Crippen molar-refractivity contribution in [3.05, 3.63) is 170 Å². The fourth-order valence-electron chi connectivity index (χ4n) is 6.12. The van der Waals surface area contributed by atoms with Crippen LogP contribution in [0.25, 0.3) is 77.2 Å². The molecule has 0 atom stereocenters. The number of para-hydroxylation sites is 2. The van der Waals surface area contributed by atoms with Gasteiger partial charge < -0.3 is 9.13 Å². The van der Waals surface area contributed by atoms with Crippen LogP contribution in [-0.2, 0) is 0 Å². The van der Waals surface area contributed by atoms with Gasteiger partial charge in [0.1, 0.15) is 0 Å². The Balaban J connectivity index is 1.49. The fourth-order valence-corrected chi connectivity index (χ4v) is 6.12. The maximum Gasteiger partial charge on any atom is 0.0653 e. The van der Waals surface area contributed by atoms with Gasteiger partial charge >= 0.3 is 0 Å². The van der Waals surface area contributed by atoms with Gasteiger partial charge in [-0.2, -0.15) is 0 Å². The molecule has 0 spiro atoms. The van der Waals surface area contributed by atoms with Gasteiger partial charge in [-0.05, 0) is 70.7 Å². The monoisotopic (exact) mass is 570 g/mol. The standard InChI is InChI=1S/C42H28N2/c1-3-12-29(13-4-1)31-22-24-33(25-23-31)43-39-20-9-7-18-35(39)37-28-42-38(27-41(37)43)36-19-8-10-21-40(36)44(42)34-17-11-16-32(26-34)30-14-5-2-6-15-30/h1-28H/i7D,8D,9D,10D,18D,19D,20D,21D,27D,28D. The highest BCUT2D eigenvalue weighted by Crippen LogP contribution is 2.40. The van der Waals surface area contributed by atoms with Gasteiger partial charge in [0.2, 0.25) is 0 Å². The highest BCUT2D eigenvalue weighted by molar-refractivity contribution is 6.19. The summed E-state index contributed by atoms with van der Waals surface area (Å²) in [4.78, 5) is 0. The molecule has 9 rings (SSSR count). The second-order valence-electron chi connectivity index (χ2n) is 10.6. The summed E-state index contributed by atoms with van der Waals surface area (Å²) < 4.78 is 94.0. The third kappa shape index (κ3) is 3.82. The van der Waals surface area contributed by atoms with Crippen LogP contribution in [0.4, 0.5) is 0 Å². The lowest BCUT2D eigenvalue weighted by Gasteiger charge is -2.11. The van der Waals surface area contributed by atoms with Crippen molar-refractivity contribution < 1.29 is 13.7 Å². The first kappa shape index (κ1) is 16.7. The first-order valence-electron chi connectivity index (χ1n) is 19.3. The van der Waals surface area contributed by atoms with E-state index in [1.165, 1.54) is 0 Å². The molecule has 0 saturated heterocycles. The van der Waals surface area contributed by atoms with Crippen LogP contribution < -0.4 is 0 Å². The van der Waals surface area contributed by atoms with Gasteiger partial charge in [-0.3, -0.25) is 0 Å². The number of aromatic nitrogens is 2. The van der Waals surface area contributed by atoms with Crippen molar-refractivity contribution in [3.63, 3.8) is 0 Å². The minimum atomic E-state index is -0.479. The molecular formula is C42H28N2. The number of benzene rings is 7. The van der Waals surface area contributed by atoms with Gasteiger partial charge in [0, 0.05) is 32.9 Å². The van der Waals surface area contributed by atoms with Crippen molar-refractivity contribution in [1.29, 1.82) is 0 Å². The zero-order valence-corrected chi connectivity index (χ0v) is 23.3. The van der Waals surface area contributed by atoms with Gasteiger partial charge in [0.15, 0.2) is 0 Å². The van der Waals surface area contributed by atoms with E-state index < -0.39 is 24.2 Å². The molecule has 0 fully saturated rings. The minimum Gasteiger partial charge on any atom is -0.309 e. The molecule has 2 aromatic heterocycles. The lowest BCUT2D eigenvalue weighted by molar-refractivity contribution is 1.17. The van der Waals surface area contributed by atoms with Crippen LogP contribution >= 0.6 is 0 Å². The third-order valence-corrected chi connectivity index (χ3v) is 8.13. The molecular weight excluding hydrogens is 532 g/mol. The van der Waals surface area contributed by atoms with Crippen molar-refractivity contribution in [2.24, 2.45) is 0 Å². The lowest BCUT2D eigenvalue weighted by atomic mass is 10.1. The van der Waals surface area contributed by atoms with Crippen LogP contribution in [0.1, 0.15) is 13.7 Å². The molecule has 0 saturated carbocycles. The number of hydrogen-bond donors (Lipinski definition) is 0. The van der Waals surface area contributed by atoms with Crippen LogP contribution in [-0.4, -0.2) is 9.13 Å². The molecule has 0 N–H and O–H groups in total. The summed E-state index contributed by atoms with van der Waals surface area (Å²) in [5, 5.41) is 0.357. The first-order valence-corrected chi connectivity index (χ1v) is 14.3. The number of fused-ring (bicyclic) bond motifs is 6. The maximum atomic E-state index is 9.93. The highest BCUT2D eigenvalue weighted by atomic mass is 15.0. The van der Waals surface area contributed by atoms with E-state index in [1.54, 1.807) is 27.3 Å². The van der Waals surface area contributed by atoms with Gasteiger partial charge in [-0.25, -0.2) is 0 Å². The van der Waals surface area contributed by atoms with E-state index in [0.29, 0.717) is 11.4 Å². The molecule has 2 heteroatoms. The minimum absolute atomic E-state index is 0.0669. The molecule has 2 heterocycles. The predicted molar refractivity (Wildman–Crippen MR) is 186 cm³/mol. The SMILES string of the molecule is [2H]c1c([2H])c([2H])c2c(c1[2H])c1c([2H])c3c(c([2H])c1n2-c1ccc(-c2ccccc2)cc1)c1c([2H])c([2H])c([2H])c([2H])c1n3-c1cccc(-c2ccccc2)c1. The maximum absolute atomic E-state index is 9.93. The van der Waals surface area contributed by atoms with Crippen molar-refractivity contribution in [1.82, 2.24) is 9.13 Å². The van der Waals surface area contributed by atoms with Gasteiger partial charge in [0.25, 0.3) is 0 Å². The second kappa shape index (κ2) is 9.86. The van der Waals surface area contributed by atoms with Gasteiger partial charge in [-0.15, -0.1) is 0 Å². The van der Waals surface area contributed by atoms with Gasteiger partial charge in [-0.1, -0.05) is 121 Å². The van der Waals surface area contributed by atoms with E-state index in [1.807, 2.05) is 91.0 Å². The molecule has 0 aliphatic rings. The Labute approximate surface area is 269 Å². The average Bonchev–Trinajstić information content (AvgIpc) is 3.77.